The molecule has 0 heterocycles. The molecule has 0 aliphatic heterocycles. The maximum atomic E-state index is 12.2. The van der Waals surface area contributed by atoms with E-state index >= 15 is 0 Å². The smallest absolute Gasteiger partial charge is 0.210 e. The molecule has 17 heavy (non-hydrogen) atoms. The van der Waals surface area contributed by atoms with Crippen molar-refractivity contribution < 1.29 is 9.59 Å². The SMILES string of the molecule is CCNC1=C(SC)C(=O)c2ccccc2C1=O. The lowest BCUT2D eigenvalue weighted by Gasteiger charge is -2.20. The zero-order valence-electron chi connectivity index (χ0n) is 9.74. The number of thioether (sulfide) groups is 1. The van der Waals surface area contributed by atoms with E-state index in [4.69, 9.17) is 0 Å². The molecule has 88 valence electrons. The van der Waals surface area contributed by atoms with Crippen LogP contribution in [0.5, 0.6) is 0 Å². The van der Waals surface area contributed by atoms with E-state index in [1.54, 1.807) is 24.3 Å². The number of rotatable bonds is 3. The Labute approximate surface area is 104 Å². The average molecular weight is 247 g/mol. The van der Waals surface area contributed by atoms with E-state index in [2.05, 4.69) is 5.32 Å². The molecule has 3 nitrogen and oxygen atoms in total. The fourth-order valence-corrected chi connectivity index (χ4v) is 2.55. The van der Waals surface area contributed by atoms with E-state index in [1.807, 2.05) is 13.2 Å². The van der Waals surface area contributed by atoms with Gasteiger partial charge in [-0.1, -0.05) is 24.3 Å². The first-order chi connectivity index (χ1) is 8.20. The van der Waals surface area contributed by atoms with Crippen LogP contribution >= 0.6 is 11.8 Å². The van der Waals surface area contributed by atoms with Crippen LogP contribution in [0.3, 0.4) is 0 Å². The fraction of sp³-hybridized carbons (Fsp3) is 0.231. The van der Waals surface area contributed by atoms with Crippen molar-refractivity contribution in [3.63, 3.8) is 0 Å². The Kier molecular flexibility index (Phi) is 3.33. The fourth-order valence-electron chi connectivity index (χ4n) is 1.88. The molecule has 0 fully saturated rings. The van der Waals surface area contributed by atoms with Crippen molar-refractivity contribution in [1.29, 1.82) is 0 Å². The molecule has 4 heteroatoms. The summed E-state index contributed by atoms with van der Waals surface area (Å²) in [5, 5.41) is 2.99. The van der Waals surface area contributed by atoms with Crippen molar-refractivity contribution in [1.82, 2.24) is 5.32 Å². The lowest BCUT2D eigenvalue weighted by atomic mass is 9.92. The molecule has 1 aliphatic rings. The Hall–Kier alpha value is -1.55. The highest BCUT2D eigenvalue weighted by atomic mass is 32.2. The highest BCUT2D eigenvalue weighted by Gasteiger charge is 2.31. The van der Waals surface area contributed by atoms with Crippen LogP contribution in [0.4, 0.5) is 0 Å². The third-order valence-electron chi connectivity index (χ3n) is 2.63. The van der Waals surface area contributed by atoms with E-state index < -0.39 is 0 Å². The summed E-state index contributed by atoms with van der Waals surface area (Å²) >= 11 is 1.32. The Bertz CT molecular complexity index is 520. The number of allylic oxidation sites excluding steroid dienone is 2. The zero-order valence-corrected chi connectivity index (χ0v) is 10.6. The van der Waals surface area contributed by atoms with E-state index in [9.17, 15) is 9.59 Å². The number of carbonyl (C=O) groups excluding carboxylic acids is 2. The van der Waals surface area contributed by atoms with Crippen LogP contribution in [-0.2, 0) is 0 Å². The first kappa shape index (κ1) is 11.9. The van der Waals surface area contributed by atoms with Crippen molar-refractivity contribution in [3.05, 3.63) is 46.0 Å². The molecular weight excluding hydrogens is 234 g/mol. The number of nitrogens with one attached hydrogen (secondary N) is 1. The first-order valence-electron chi connectivity index (χ1n) is 5.41. The molecule has 1 aliphatic carbocycles. The normalized spacial score (nSPS) is 14.9. The lowest BCUT2D eigenvalue weighted by Crippen LogP contribution is -2.29. The molecule has 0 saturated carbocycles. The van der Waals surface area contributed by atoms with Gasteiger partial charge in [-0.25, -0.2) is 0 Å². The Balaban J connectivity index is 2.60. The minimum Gasteiger partial charge on any atom is -0.381 e. The van der Waals surface area contributed by atoms with Gasteiger partial charge < -0.3 is 5.32 Å². The van der Waals surface area contributed by atoms with Crippen LogP contribution in [0.2, 0.25) is 0 Å². The maximum Gasteiger partial charge on any atom is 0.210 e. The molecule has 1 aromatic rings. The molecule has 1 aromatic carbocycles. The topological polar surface area (TPSA) is 46.2 Å². The summed E-state index contributed by atoms with van der Waals surface area (Å²) in [6.07, 6.45) is 1.81. The molecule has 0 bridgehead atoms. The van der Waals surface area contributed by atoms with Crippen molar-refractivity contribution in [2.24, 2.45) is 0 Å². The minimum atomic E-state index is -0.0913. The van der Waals surface area contributed by atoms with Gasteiger partial charge in [0.25, 0.3) is 0 Å². The molecule has 0 spiro atoms. The van der Waals surface area contributed by atoms with E-state index in [-0.39, 0.29) is 11.6 Å². The van der Waals surface area contributed by atoms with Crippen molar-refractivity contribution in [2.45, 2.75) is 6.92 Å². The minimum absolute atomic E-state index is 0.0661. The third kappa shape index (κ3) is 1.89. The monoisotopic (exact) mass is 247 g/mol. The Morgan fingerprint density at radius 1 is 1.12 bits per heavy atom. The second-order valence-electron chi connectivity index (χ2n) is 3.64. The lowest BCUT2D eigenvalue weighted by molar-refractivity contribution is 0.0975. The van der Waals surface area contributed by atoms with Gasteiger partial charge in [-0.3, -0.25) is 9.59 Å². The summed E-state index contributed by atoms with van der Waals surface area (Å²) in [6, 6.07) is 6.95. The van der Waals surface area contributed by atoms with Crippen LogP contribution in [0.15, 0.2) is 34.9 Å². The van der Waals surface area contributed by atoms with Gasteiger partial charge in [0.05, 0.1) is 4.91 Å². The van der Waals surface area contributed by atoms with Crippen LogP contribution in [0.1, 0.15) is 27.6 Å². The first-order valence-corrected chi connectivity index (χ1v) is 6.63. The average Bonchev–Trinajstić information content (AvgIpc) is 2.36. The van der Waals surface area contributed by atoms with Crippen LogP contribution in [0.25, 0.3) is 0 Å². The number of ketones is 2. The zero-order chi connectivity index (χ0) is 12.4. The van der Waals surface area contributed by atoms with Crippen molar-refractivity contribution in [2.75, 3.05) is 12.8 Å². The predicted molar refractivity (Wildman–Crippen MR) is 69.3 cm³/mol. The summed E-state index contributed by atoms with van der Waals surface area (Å²) < 4.78 is 0. The molecule has 0 unspecified atom stereocenters. The van der Waals surface area contributed by atoms with Gasteiger partial charge in [-0.15, -0.1) is 11.8 Å². The summed E-state index contributed by atoms with van der Waals surface area (Å²) in [7, 11) is 0. The van der Waals surface area contributed by atoms with Gasteiger partial charge in [-0.2, -0.15) is 0 Å². The number of hydrogen-bond acceptors (Lipinski definition) is 4. The highest BCUT2D eigenvalue weighted by Crippen LogP contribution is 2.30. The van der Waals surface area contributed by atoms with Crippen LogP contribution < -0.4 is 5.32 Å². The number of hydrogen-bond donors (Lipinski definition) is 1. The van der Waals surface area contributed by atoms with E-state index in [0.717, 1.165) is 0 Å². The number of fused-ring (bicyclic) bond motifs is 1. The summed E-state index contributed by atoms with van der Waals surface area (Å²) in [5.74, 6) is -0.157. The van der Waals surface area contributed by atoms with Crippen LogP contribution in [0, 0.1) is 0 Å². The third-order valence-corrected chi connectivity index (χ3v) is 3.43. The van der Waals surface area contributed by atoms with E-state index in [1.165, 1.54) is 11.8 Å². The molecule has 0 aromatic heterocycles. The summed E-state index contributed by atoms with van der Waals surface area (Å²) in [4.78, 5) is 25.0. The number of benzene rings is 1. The predicted octanol–water partition coefficient (Wildman–Crippen LogP) is 2.25. The largest absolute Gasteiger partial charge is 0.381 e. The van der Waals surface area contributed by atoms with Crippen molar-refractivity contribution >= 4 is 23.3 Å². The van der Waals surface area contributed by atoms with E-state index in [0.29, 0.717) is 28.3 Å². The molecular formula is C13H13NO2S. The molecule has 0 radical (unpaired) electrons. The highest BCUT2D eigenvalue weighted by molar-refractivity contribution is 8.03. The maximum absolute atomic E-state index is 12.2. The van der Waals surface area contributed by atoms with Gasteiger partial charge in [-0.05, 0) is 13.2 Å². The second-order valence-corrected chi connectivity index (χ2v) is 4.46. The van der Waals surface area contributed by atoms with Gasteiger partial charge in [0.15, 0.2) is 0 Å². The van der Waals surface area contributed by atoms with Gasteiger partial charge in [0.2, 0.25) is 11.6 Å². The van der Waals surface area contributed by atoms with Gasteiger partial charge >= 0.3 is 0 Å². The van der Waals surface area contributed by atoms with Crippen molar-refractivity contribution in [3.8, 4) is 0 Å². The number of carbonyl (C=O) groups is 2. The molecule has 0 saturated heterocycles. The van der Waals surface area contributed by atoms with Gasteiger partial charge in [0, 0.05) is 17.7 Å². The molecule has 2 rings (SSSR count). The van der Waals surface area contributed by atoms with Crippen LogP contribution in [-0.4, -0.2) is 24.4 Å². The standard InChI is InChI=1S/C13H13NO2S/c1-3-14-10-11(15)8-6-4-5-7-9(8)12(16)13(10)17-2/h4-7,14H,3H2,1-2H3. The second kappa shape index (κ2) is 4.75. The summed E-state index contributed by atoms with van der Waals surface area (Å²) in [6.45, 7) is 2.53. The number of Topliss-reactive ketones (excluding diaryl/α,β-unsaturated/α-hetero) is 2. The Morgan fingerprint density at radius 3 is 2.24 bits per heavy atom. The molecule has 0 amide bonds. The Morgan fingerprint density at radius 2 is 1.71 bits per heavy atom. The molecule has 0 atom stereocenters. The molecule has 1 N–H and O–H groups in total. The summed E-state index contributed by atoms with van der Waals surface area (Å²) in [5.41, 5.74) is 1.43. The van der Waals surface area contributed by atoms with Gasteiger partial charge in [0.1, 0.15) is 5.70 Å². The quantitative estimate of drug-likeness (QED) is 0.890. The number of likely N-dealkylation sites (N-methyl/N-ethyl adjacent to an activating group) is 1.